The van der Waals surface area contributed by atoms with Crippen molar-refractivity contribution in [3.8, 4) is 0 Å². The van der Waals surface area contributed by atoms with E-state index in [1.54, 1.807) is 0 Å². The number of alkyl halides is 3. The van der Waals surface area contributed by atoms with Crippen molar-refractivity contribution < 1.29 is 18.0 Å². The molecule has 0 heterocycles. The summed E-state index contributed by atoms with van der Waals surface area (Å²) in [5.41, 5.74) is 0.538. The minimum Gasteiger partial charge on any atom is -0.350 e. The Labute approximate surface area is 117 Å². The van der Waals surface area contributed by atoms with Crippen LogP contribution in [0.25, 0.3) is 0 Å². The molecule has 1 atom stereocenters. The maximum absolute atomic E-state index is 12.2. The Bertz CT molecular complexity index is 437. The van der Waals surface area contributed by atoms with Crippen LogP contribution in [-0.4, -0.2) is 18.1 Å². The molecule has 1 unspecified atom stereocenters. The smallest absolute Gasteiger partial charge is 0.350 e. The van der Waals surface area contributed by atoms with Crippen LogP contribution in [0.4, 0.5) is 13.2 Å². The fraction of sp³-hybridized carbons (Fsp3) is 0.533. The minimum atomic E-state index is -4.23. The largest absolute Gasteiger partial charge is 0.393 e. The van der Waals surface area contributed by atoms with E-state index in [4.69, 9.17) is 0 Å². The molecule has 1 aromatic rings. The summed E-state index contributed by atoms with van der Waals surface area (Å²) in [5.74, 6) is 0.219. The van der Waals surface area contributed by atoms with Crippen molar-refractivity contribution in [1.29, 1.82) is 0 Å². The van der Waals surface area contributed by atoms with Gasteiger partial charge in [0, 0.05) is 11.6 Å². The van der Waals surface area contributed by atoms with E-state index in [0.29, 0.717) is 11.5 Å². The molecule has 0 spiro atoms. The van der Waals surface area contributed by atoms with Crippen LogP contribution in [-0.2, 0) is 6.42 Å². The second-order valence-corrected chi connectivity index (χ2v) is 5.49. The summed E-state index contributed by atoms with van der Waals surface area (Å²) in [5, 5.41) is 2.83. The molecule has 1 amide bonds. The van der Waals surface area contributed by atoms with Crippen molar-refractivity contribution in [3.05, 3.63) is 35.4 Å². The number of amides is 1. The van der Waals surface area contributed by atoms with Crippen LogP contribution in [0.3, 0.4) is 0 Å². The number of rotatable bonds is 5. The third kappa shape index (κ3) is 6.08. The fourth-order valence-electron chi connectivity index (χ4n) is 2.08. The molecule has 2 nitrogen and oxygen atoms in total. The molecule has 20 heavy (non-hydrogen) atoms. The number of carbonyl (C=O) groups is 1. The van der Waals surface area contributed by atoms with Gasteiger partial charge in [-0.25, -0.2) is 0 Å². The van der Waals surface area contributed by atoms with Gasteiger partial charge in [0.2, 0.25) is 0 Å². The number of halogens is 3. The lowest BCUT2D eigenvalue weighted by Crippen LogP contribution is -2.33. The van der Waals surface area contributed by atoms with Crippen LogP contribution in [0.2, 0.25) is 0 Å². The topological polar surface area (TPSA) is 29.1 Å². The Hall–Kier alpha value is -1.52. The molecule has 112 valence electrons. The number of carbonyl (C=O) groups excluding carboxylic acids is 1. The van der Waals surface area contributed by atoms with Gasteiger partial charge in [0.25, 0.3) is 5.91 Å². The lowest BCUT2D eigenvalue weighted by Gasteiger charge is -2.16. The highest BCUT2D eigenvalue weighted by molar-refractivity contribution is 5.94. The number of hydrogen-bond acceptors (Lipinski definition) is 1. The molecule has 1 aromatic carbocycles. The van der Waals surface area contributed by atoms with Gasteiger partial charge in [-0.3, -0.25) is 4.79 Å². The quantitative estimate of drug-likeness (QED) is 0.872. The summed E-state index contributed by atoms with van der Waals surface area (Å²) >= 11 is 0. The van der Waals surface area contributed by atoms with Crippen LogP contribution >= 0.6 is 0 Å². The predicted molar refractivity (Wildman–Crippen MR) is 72.6 cm³/mol. The zero-order chi connectivity index (χ0) is 15.3. The molecule has 0 fully saturated rings. The first-order valence-corrected chi connectivity index (χ1v) is 6.64. The minimum absolute atomic E-state index is 0.0392. The second-order valence-electron chi connectivity index (χ2n) is 5.49. The highest BCUT2D eigenvalue weighted by Gasteiger charge is 2.27. The Morgan fingerprint density at radius 2 is 1.70 bits per heavy atom. The van der Waals surface area contributed by atoms with E-state index in [-0.39, 0.29) is 17.5 Å². The van der Waals surface area contributed by atoms with E-state index in [0.717, 1.165) is 6.42 Å². The van der Waals surface area contributed by atoms with Crippen LogP contribution in [0.15, 0.2) is 24.3 Å². The molecule has 0 aliphatic rings. The van der Waals surface area contributed by atoms with E-state index >= 15 is 0 Å². The summed E-state index contributed by atoms with van der Waals surface area (Å²) in [4.78, 5) is 11.9. The third-order valence-electron chi connectivity index (χ3n) is 2.82. The molecule has 1 rings (SSSR count). The maximum atomic E-state index is 12.2. The molecule has 0 saturated heterocycles. The van der Waals surface area contributed by atoms with Crippen LogP contribution in [0.5, 0.6) is 0 Å². The average Bonchev–Trinajstić information content (AvgIpc) is 2.26. The van der Waals surface area contributed by atoms with Gasteiger partial charge in [-0.2, -0.15) is 13.2 Å². The molecule has 0 saturated carbocycles. The summed E-state index contributed by atoms with van der Waals surface area (Å²) < 4.78 is 36.6. The first-order chi connectivity index (χ1) is 9.17. The first kappa shape index (κ1) is 16.5. The van der Waals surface area contributed by atoms with E-state index in [1.165, 1.54) is 24.3 Å². The number of hydrogen-bond donors (Lipinski definition) is 1. The summed E-state index contributed by atoms with van der Waals surface area (Å²) in [6, 6.07) is 5.58. The highest BCUT2D eigenvalue weighted by atomic mass is 19.4. The summed E-state index contributed by atoms with van der Waals surface area (Å²) in [6.07, 6.45) is -4.34. The maximum Gasteiger partial charge on any atom is 0.393 e. The average molecular weight is 287 g/mol. The van der Waals surface area contributed by atoms with Crippen LogP contribution in [0.1, 0.15) is 43.1 Å². The van der Waals surface area contributed by atoms with E-state index in [2.05, 4.69) is 19.2 Å². The lowest BCUT2D eigenvalue weighted by atomic mass is 10.0. The van der Waals surface area contributed by atoms with Gasteiger partial charge in [0.1, 0.15) is 0 Å². The van der Waals surface area contributed by atoms with Crippen molar-refractivity contribution >= 4 is 5.91 Å². The molecule has 5 heteroatoms. The predicted octanol–water partition coefficient (Wildman–Crippen LogP) is 3.96. The van der Waals surface area contributed by atoms with Crippen molar-refractivity contribution in [2.45, 2.75) is 45.8 Å². The zero-order valence-electron chi connectivity index (χ0n) is 11.9. The SMILES string of the molecule is CC(C)CC(C)NC(=O)c1ccc(CC(F)(F)F)cc1. The van der Waals surface area contributed by atoms with Crippen LogP contribution < -0.4 is 5.32 Å². The van der Waals surface area contributed by atoms with Gasteiger partial charge in [-0.05, 0) is 37.0 Å². The first-order valence-electron chi connectivity index (χ1n) is 6.64. The molecule has 0 aliphatic heterocycles. The Morgan fingerprint density at radius 3 is 2.15 bits per heavy atom. The van der Waals surface area contributed by atoms with Gasteiger partial charge < -0.3 is 5.32 Å². The van der Waals surface area contributed by atoms with Gasteiger partial charge in [-0.15, -0.1) is 0 Å². The standard InChI is InChI=1S/C15H20F3NO/c1-10(2)8-11(3)19-14(20)13-6-4-12(5-7-13)9-15(16,17)18/h4-7,10-11H,8-9H2,1-3H3,(H,19,20). The normalized spacial score (nSPS) is 13.3. The van der Waals surface area contributed by atoms with Crippen molar-refractivity contribution in [1.82, 2.24) is 5.32 Å². The molecule has 0 bridgehead atoms. The van der Waals surface area contributed by atoms with Gasteiger partial charge in [0.05, 0.1) is 6.42 Å². The van der Waals surface area contributed by atoms with Crippen molar-refractivity contribution in [2.75, 3.05) is 0 Å². The Balaban J connectivity index is 2.62. The van der Waals surface area contributed by atoms with Crippen molar-refractivity contribution in [2.24, 2.45) is 5.92 Å². The molecule has 0 radical (unpaired) electrons. The number of benzene rings is 1. The van der Waals surface area contributed by atoms with Crippen molar-refractivity contribution in [3.63, 3.8) is 0 Å². The third-order valence-corrected chi connectivity index (χ3v) is 2.82. The highest BCUT2D eigenvalue weighted by Crippen LogP contribution is 2.21. The Kier molecular flexibility index (Phi) is 5.60. The van der Waals surface area contributed by atoms with E-state index in [1.807, 2.05) is 6.92 Å². The van der Waals surface area contributed by atoms with Crippen LogP contribution in [0, 0.1) is 5.92 Å². The Morgan fingerprint density at radius 1 is 1.15 bits per heavy atom. The van der Waals surface area contributed by atoms with Gasteiger partial charge >= 0.3 is 6.18 Å². The van der Waals surface area contributed by atoms with E-state index < -0.39 is 12.6 Å². The molecule has 1 N–H and O–H groups in total. The molecular formula is C15H20F3NO. The molecule has 0 aliphatic carbocycles. The zero-order valence-corrected chi connectivity index (χ0v) is 11.9. The van der Waals surface area contributed by atoms with E-state index in [9.17, 15) is 18.0 Å². The molecule has 0 aromatic heterocycles. The summed E-state index contributed by atoms with van der Waals surface area (Å²) in [7, 11) is 0. The monoisotopic (exact) mass is 287 g/mol. The second kappa shape index (κ2) is 6.77. The number of nitrogens with one attached hydrogen (secondary N) is 1. The van der Waals surface area contributed by atoms with Gasteiger partial charge in [0.15, 0.2) is 0 Å². The van der Waals surface area contributed by atoms with Gasteiger partial charge in [-0.1, -0.05) is 26.0 Å². The summed E-state index contributed by atoms with van der Waals surface area (Å²) in [6.45, 7) is 6.04. The lowest BCUT2D eigenvalue weighted by molar-refractivity contribution is -0.127. The molecular weight excluding hydrogens is 267 g/mol. The fourth-order valence-corrected chi connectivity index (χ4v) is 2.08.